The van der Waals surface area contributed by atoms with E-state index < -0.39 is 0 Å². The molecule has 0 bridgehead atoms. The maximum absolute atomic E-state index is 14.0. The second kappa shape index (κ2) is 9.61. The Bertz CT molecular complexity index is 1330. The summed E-state index contributed by atoms with van der Waals surface area (Å²) in [6.45, 7) is 1.23. The SMILES string of the molecule is CN(C)c1ncc(-c2cccc(F)c2)c(C2CCN(C(=O)c3cccc(-n4cnnc4)c3)CC2)n1. The van der Waals surface area contributed by atoms with E-state index in [-0.39, 0.29) is 17.6 Å². The Hall–Kier alpha value is -4.14. The van der Waals surface area contributed by atoms with Crippen LogP contribution in [0.1, 0.15) is 34.8 Å². The third kappa shape index (κ3) is 4.75. The highest BCUT2D eigenvalue weighted by Gasteiger charge is 2.28. The first-order valence-electron chi connectivity index (χ1n) is 11.5. The highest BCUT2D eigenvalue weighted by molar-refractivity contribution is 5.94. The maximum Gasteiger partial charge on any atom is 0.253 e. The topological polar surface area (TPSA) is 80.0 Å². The van der Waals surface area contributed by atoms with Crippen LogP contribution in [0, 0.1) is 5.82 Å². The molecular formula is C26H26FN7O. The van der Waals surface area contributed by atoms with Crippen LogP contribution in [0.3, 0.4) is 0 Å². The van der Waals surface area contributed by atoms with E-state index in [0.717, 1.165) is 35.3 Å². The molecular weight excluding hydrogens is 445 g/mol. The monoisotopic (exact) mass is 471 g/mol. The summed E-state index contributed by atoms with van der Waals surface area (Å²) in [4.78, 5) is 26.3. The number of nitrogens with zero attached hydrogens (tertiary/aromatic N) is 7. The molecule has 3 heterocycles. The molecule has 1 fully saturated rings. The molecule has 5 rings (SSSR count). The number of anilines is 1. The minimum atomic E-state index is -0.292. The van der Waals surface area contributed by atoms with Crippen LogP contribution in [0.15, 0.2) is 67.4 Å². The summed E-state index contributed by atoms with van der Waals surface area (Å²) in [6, 6.07) is 14.0. The summed E-state index contributed by atoms with van der Waals surface area (Å²) >= 11 is 0. The lowest BCUT2D eigenvalue weighted by atomic mass is 9.88. The summed E-state index contributed by atoms with van der Waals surface area (Å²) in [5, 5.41) is 7.67. The Morgan fingerprint density at radius 1 is 1.03 bits per heavy atom. The van der Waals surface area contributed by atoms with E-state index in [1.807, 2.05) is 54.2 Å². The number of aromatic nitrogens is 5. The van der Waals surface area contributed by atoms with Gasteiger partial charge in [0.1, 0.15) is 18.5 Å². The van der Waals surface area contributed by atoms with Crippen molar-refractivity contribution in [1.29, 1.82) is 0 Å². The van der Waals surface area contributed by atoms with Gasteiger partial charge in [-0.05, 0) is 48.7 Å². The molecule has 0 unspecified atom stereocenters. The van der Waals surface area contributed by atoms with Crippen LogP contribution in [0.5, 0.6) is 0 Å². The number of carbonyl (C=O) groups excluding carboxylic acids is 1. The van der Waals surface area contributed by atoms with Gasteiger partial charge in [0.05, 0.1) is 5.69 Å². The third-order valence-corrected chi connectivity index (χ3v) is 6.32. The molecule has 1 amide bonds. The Labute approximate surface area is 203 Å². The van der Waals surface area contributed by atoms with E-state index in [1.54, 1.807) is 29.5 Å². The Kier molecular flexibility index (Phi) is 6.22. The molecule has 0 N–H and O–H groups in total. The Balaban J connectivity index is 1.36. The molecule has 8 nitrogen and oxygen atoms in total. The predicted molar refractivity (Wildman–Crippen MR) is 131 cm³/mol. The number of hydrogen-bond donors (Lipinski definition) is 0. The molecule has 0 radical (unpaired) electrons. The van der Waals surface area contributed by atoms with Crippen molar-refractivity contribution in [3.05, 3.63) is 84.5 Å². The van der Waals surface area contributed by atoms with E-state index >= 15 is 0 Å². The van der Waals surface area contributed by atoms with Crippen LogP contribution >= 0.6 is 0 Å². The molecule has 1 saturated heterocycles. The van der Waals surface area contributed by atoms with Gasteiger partial charge in [0.15, 0.2) is 0 Å². The lowest BCUT2D eigenvalue weighted by Crippen LogP contribution is -2.38. The number of carbonyl (C=O) groups is 1. The molecule has 0 atom stereocenters. The van der Waals surface area contributed by atoms with Gasteiger partial charge in [-0.3, -0.25) is 9.36 Å². The van der Waals surface area contributed by atoms with Crippen molar-refractivity contribution in [2.75, 3.05) is 32.1 Å². The zero-order chi connectivity index (χ0) is 24.4. The van der Waals surface area contributed by atoms with E-state index in [4.69, 9.17) is 4.98 Å². The molecule has 9 heteroatoms. The van der Waals surface area contributed by atoms with Gasteiger partial charge in [-0.1, -0.05) is 18.2 Å². The minimum absolute atomic E-state index is 0.000367. The third-order valence-electron chi connectivity index (χ3n) is 6.32. The van der Waals surface area contributed by atoms with Gasteiger partial charge in [-0.25, -0.2) is 14.4 Å². The largest absolute Gasteiger partial charge is 0.347 e. The van der Waals surface area contributed by atoms with Crippen molar-refractivity contribution >= 4 is 11.9 Å². The Morgan fingerprint density at radius 3 is 2.49 bits per heavy atom. The summed E-state index contributed by atoms with van der Waals surface area (Å²) in [7, 11) is 3.80. The molecule has 2 aromatic carbocycles. The fourth-order valence-corrected chi connectivity index (χ4v) is 4.46. The highest BCUT2D eigenvalue weighted by Crippen LogP contribution is 2.35. The molecule has 0 aliphatic carbocycles. The molecule has 0 saturated carbocycles. The van der Waals surface area contributed by atoms with Crippen molar-refractivity contribution in [3.8, 4) is 16.8 Å². The van der Waals surface area contributed by atoms with Crippen LogP contribution in [0.25, 0.3) is 16.8 Å². The number of benzene rings is 2. The van der Waals surface area contributed by atoms with Crippen LogP contribution in [0.4, 0.5) is 10.3 Å². The number of hydrogen-bond acceptors (Lipinski definition) is 6. The van der Waals surface area contributed by atoms with Gasteiger partial charge in [-0.15, -0.1) is 10.2 Å². The fourth-order valence-electron chi connectivity index (χ4n) is 4.46. The number of rotatable bonds is 5. The van der Waals surface area contributed by atoms with E-state index in [9.17, 15) is 9.18 Å². The Morgan fingerprint density at radius 2 is 1.77 bits per heavy atom. The normalized spacial score (nSPS) is 14.2. The fraction of sp³-hybridized carbons (Fsp3) is 0.269. The summed E-state index contributed by atoms with van der Waals surface area (Å²) in [5.41, 5.74) is 3.96. The number of amides is 1. The van der Waals surface area contributed by atoms with Gasteiger partial charge in [-0.2, -0.15) is 0 Å². The molecule has 4 aromatic rings. The first-order valence-corrected chi connectivity index (χ1v) is 11.5. The van der Waals surface area contributed by atoms with Crippen molar-refractivity contribution in [2.45, 2.75) is 18.8 Å². The first-order chi connectivity index (χ1) is 17.0. The number of piperidine rings is 1. The average Bonchev–Trinajstić information content (AvgIpc) is 3.43. The summed E-state index contributed by atoms with van der Waals surface area (Å²) < 4.78 is 15.7. The highest BCUT2D eigenvalue weighted by atomic mass is 19.1. The average molecular weight is 472 g/mol. The van der Waals surface area contributed by atoms with Gasteiger partial charge in [0.2, 0.25) is 5.95 Å². The van der Waals surface area contributed by atoms with E-state index in [1.165, 1.54) is 12.1 Å². The van der Waals surface area contributed by atoms with Crippen LogP contribution in [-0.4, -0.2) is 62.7 Å². The molecule has 178 valence electrons. The van der Waals surface area contributed by atoms with Crippen LogP contribution in [0.2, 0.25) is 0 Å². The van der Waals surface area contributed by atoms with Gasteiger partial charge in [0.25, 0.3) is 5.91 Å². The van der Waals surface area contributed by atoms with Gasteiger partial charge < -0.3 is 9.80 Å². The van der Waals surface area contributed by atoms with Crippen LogP contribution in [-0.2, 0) is 0 Å². The second-order valence-corrected chi connectivity index (χ2v) is 8.86. The summed E-state index contributed by atoms with van der Waals surface area (Å²) in [5.74, 6) is 0.464. The maximum atomic E-state index is 14.0. The standard InChI is InChI=1S/C26H26FN7O/c1-32(2)26-28-15-23(19-5-3-7-21(27)13-19)24(31-26)18-9-11-33(12-10-18)25(35)20-6-4-8-22(14-20)34-16-29-30-17-34/h3-8,13-18H,9-12H2,1-2H3. The molecule has 1 aliphatic heterocycles. The minimum Gasteiger partial charge on any atom is -0.347 e. The zero-order valence-electron chi connectivity index (χ0n) is 19.7. The van der Waals surface area contributed by atoms with Crippen molar-refractivity contribution in [2.24, 2.45) is 0 Å². The first kappa shape index (κ1) is 22.6. The van der Waals surface area contributed by atoms with Gasteiger partial charge in [0, 0.05) is 56.1 Å². The smallest absolute Gasteiger partial charge is 0.253 e. The summed E-state index contributed by atoms with van der Waals surface area (Å²) in [6.07, 6.45) is 6.52. The molecule has 2 aromatic heterocycles. The van der Waals surface area contributed by atoms with Crippen molar-refractivity contribution < 1.29 is 9.18 Å². The second-order valence-electron chi connectivity index (χ2n) is 8.86. The lowest BCUT2D eigenvalue weighted by molar-refractivity contribution is 0.0712. The molecule has 1 aliphatic rings. The number of halogens is 1. The lowest BCUT2D eigenvalue weighted by Gasteiger charge is -2.33. The van der Waals surface area contributed by atoms with Gasteiger partial charge >= 0.3 is 0 Å². The molecule has 35 heavy (non-hydrogen) atoms. The zero-order valence-corrected chi connectivity index (χ0v) is 19.7. The van der Waals surface area contributed by atoms with Crippen LogP contribution < -0.4 is 4.90 Å². The number of likely N-dealkylation sites (tertiary alicyclic amines) is 1. The van der Waals surface area contributed by atoms with E-state index in [0.29, 0.717) is 24.6 Å². The van der Waals surface area contributed by atoms with Crippen molar-refractivity contribution in [3.63, 3.8) is 0 Å². The molecule has 0 spiro atoms. The quantitative estimate of drug-likeness (QED) is 0.439. The predicted octanol–water partition coefficient (Wildman–Crippen LogP) is 3.95. The van der Waals surface area contributed by atoms with Crippen molar-refractivity contribution in [1.82, 2.24) is 29.6 Å². The van der Waals surface area contributed by atoms with E-state index in [2.05, 4.69) is 15.2 Å².